The predicted octanol–water partition coefficient (Wildman–Crippen LogP) is 0.381. The van der Waals surface area contributed by atoms with Gasteiger partial charge in [-0.1, -0.05) is 19.8 Å². The fourth-order valence-electron chi connectivity index (χ4n) is 1.74. The molecule has 1 heterocycles. The van der Waals surface area contributed by atoms with Gasteiger partial charge in [0, 0.05) is 13.0 Å². The van der Waals surface area contributed by atoms with E-state index < -0.39 is 6.04 Å². The van der Waals surface area contributed by atoms with E-state index in [1.165, 1.54) is 0 Å². The molecule has 1 rings (SSSR count). The Morgan fingerprint density at radius 2 is 2.06 bits per heavy atom. The number of carbonyl (C=O) groups is 2. The predicted molar refractivity (Wildman–Crippen MR) is 61.4 cm³/mol. The van der Waals surface area contributed by atoms with Crippen LogP contribution in [-0.4, -0.2) is 35.3 Å². The van der Waals surface area contributed by atoms with Gasteiger partial charge in [-0.3, -0.25) is 9.59 Å². The second-order valence-corrected chi connectivity index (χ2v) is 4.41. The Balaban J connectivity index is 2.92. The average molecular weight is 222 g/mol. The molecule has 0 aromatic rings. The molecule has 0 bridgehead atoms. The Bertz CT molecular complexity index is 330. The minimum absolute atomic E-state index is 0.0713. The first-order chi connectivity index (χ1) is 7.47. The van der Waals surface area contributed by atoms with Crippen molar-refractivity contribution in [3.63, 3.8) is 0 Å². The molecule has 1 aliphatic heterocycles. The topological polar surface area (TPSA) is 49.4 Å². The van der Waals surface area contributed by atoms with Crippen LogP contribution in [0.15, 0.2) is 0 Å². The largest absolute Gasteiger partial charge is 0.344 e. The van der Waals surface area contributed by atoms with Crippen LogP contribution in [0.4, 0.5) is 0 Å². The molecule has 16 heavy (non-hydrogen) atoms. The molecule has 4 heteroatoms. The minimum Gasteiger partial charge on any atom is -0.344 e. The Morgan fingerprint density at radius 1 is 1.44 bits per heavy atom. The molecule has 1 fully saturated rings. The van der Waals surface area contributed by atoms with Gasteiger partial charge in [0.1, 0.15) is 6.04 Å². The number of nitrogens with zero attached hydrogens (tertiary/aromatic N) is 1. The van der Waals surface area contributed by atoms with Gasteiger partial charge >= 0.3 is 0 Å². The molecule has 0 spiro atoms. The van der Waals surface area contributed by atoms with E-state index in [0.29, 0.717) is 13.0 Å². The monoisotopic (exact) mass is 222 g/mol. The van der Waals surface area contributed by atoms with Crippen LogP contribution in [0, 0.1) is 18.3 Å². The second-order valence-electron chi connectivity index (χ2n) is 4.41. The van der Waals surface area contributed by atoms with Crippen LogP contribution in [0.3, 0.4) is 0 Å². The highest BCUT2D eigenvalue weighted by atomic mass is 16.2. The summed E-state index contributed by atoms with van der Waals surface area (Å²) in [5.74, 6) is 2.44. The normalized spacial score (nSPS) is 23.7. The number of carbonyl (C=O) groups excluding carboxylic acids is 2. The zero-order valence-electron chi connectivity index (χ0n) is 9.99. The lowest BCUT2D eigenvalue weighted by atomic mass is 10.0. The maximum atomic E-state index is 12.1. The summed E-state index contributed by atoms with van der Waals surface area (Å²) < 4.78 is 0. The molecule has 0 saturated carbocycles. The fourth-order valence-corrected chi connectivity index (χ4v) is 1.74. The van der Waals surface area contributed by atoms with E-state index >= 15 is 0 Å². The van der Waals surface area contributed by atoms with E-state index in [2.05, 4.69) is 11.2 Å². The summed E-state index contributed by atoms with van der Waals surface area (Å²) in [4.78, 5) is 25.2. The Morgan fingerprint density at radius 3 is 2.56 bits per heavy atom. The summed E-state index contributed by atoms with van der Waals surface area (Å²) in [5, 5.41) is 2.74. The maximum absolute atomic E-state index is 12.1. The molecule has 2 atom stereocenters. The summed E-state index contributed by atoms with van der Waals surface area (Å²) >= 11 is 0. The average Bonchev–Trinajstić information content (AvgIpc) is 2.38. The van der Waals surface area contributed by atoms with Gasteiger partial charge in [0.25, 0.3) is 0 Å². The van der Waals surface area contributed by atoms with Crippen molar-refractivity contribution in [3.8, 4) is 12.3 Å². The Labute approximate surface area is 96.4 Å². The van der Waals surface area contributed by atoms with Gasteiger partial charge < -0.3 is 10.2 Å². The zero-order valence-corrected chi connectivity index (χ0v) is 9.99. The molecular weight excluding hydrogens is 204 g/mol. The second kappa shape index (κ2) is 5.02. The molecule has 2 unspecified atom stereocenters. The number of rotatable bonds is 2. The molecule has 1 aliphatic rings. The van der Waals surface area contributed by atoms with Crippen LogP contribution in [0.5, 0.6) is 0 Å². The Kier molecular flexibility index (Phi) is 3.94. The summed E-state index contributed by atoms with van der Waals surface area (Å²) in [6, 6.07) is -0.716. The van der Waals surface area contributed by atoms with Gasteiger partial charge in [-0.05, 0) is 12.8 Å². The number of hydrogen-bond acceptors (Lipinski definition) is 2. The van der Waals surface area contributed by atoms with Gasteiger partial charge in [-0.25, -0.2) is 0 Å². The summed E-state index contributed by atoms with van der Waals surface area (Å²) in [6.07, 6.45) is 5.64. The van der Waals surface area contributed by atoms with Crippen molar-refractivity contribution in [2.45, 2.75) is 39.3 Å². The molecule has 0 radical (unpaired) electrons. The number of hydrogen-bond donors (Lipinski definition) is 1. The van der Waals surface area contributed by atoms with Crippen LogP contribution in [0.1, 0.15) is 27.2 Å². The van der Waals surface area contributed by atoms with Crippen molar-refractivity contribution in [3.05, 3.63) is 0 Å². The van der Waals surface area contributed by atoms with Crippen molar-refractivity contribution in [2.75, 3.05) is 6.54 Å². The van der Waals surface area contributed by atoms with E-state index in [0.717, 1.165) is 0 Å². The third-order valence-electron chi connectivity index (χ3n) is 2.82. The van der Waals surface area contributed by atoms with Crippen LogP contribution in [0.25, 0.3) is 0 Å². The molecule has 0 aromatic heterocycles. The standard InChI is InChI=1S/C12H18N2O2/c1-5-9(4)14-7-6-10(15)13-11(8(2)3)12(14)16/h1,8-9,11H,6-7H2,2-4H3,(H,13,15). The van der Waals surface area contributed by atoms with Crippen molar-refractivity contribution in [1.82, 2.24) is 10.2 Å². The minimum atomic E-state index is -0.453. The molecule has 4 nitrogen and oxygen atoms in total. The van der Waals surface area contributed by atoms with Gasteiger partial charge in [-0.2, -0.15) is 0 Å². The van der Waals surface area contributed by atoms with Crippen LogP contribution in [0.2, 0.25) is 0 Å². The lowest BCUT2D eigenvalue weighted by Gasteiger charge is -2.28. The number of terminal acetylenes is 1. The molecule has 88 valence electrons. The van der Waals surface area contributed by atoms with E-state index in [1.54, 1.807) is 11.8 Å². The van der Waals surface area contributed by atoms with Gasteiger partial charge in [-0.15, -0.1) is 6.42 Å². The highest BCUT2D eigenvalue weighted by Gasteiger charge is 2.33. The maximum Gasteiger partial charge on any atom is 0.246 e. The quantitative estimate of drug-likeness (QED) is 0.687. The highest BCUT2D eigenvalue weighted by Crippen LogP contribution is 2.13. The molecule has 1 saturated heterocycles. The first kappa shape index (κ1) is 12.6. The molecular formula is C12H18N2O2. The first-order valence-corrected chi connectivity index (χ1v) is 5.53. The summed E-state index contributed by atoms with van der Waals surface area (Å²) in [6.45, 7) is 6.02. The lowest BCUT2D eigenvalue weighted by molar-refractivity contribution is -0.135. The zero-order chi connectivity index (χ0) is 12.3. The molecule has 2 amide bonds. The molecule has 0 aliphatic carbocycles. The van der Waals surface area contributed by atoms with Crippen LogP contribution >= 0.6 is 0 Å². The van der Waals surface area contributed by atoms with E-state index in [4.69, 9.17) is 6.42 Å². The summed E-state index contributed by atoms with van der Waals surface area (Å²) in [5.41, 5.74) is 0. The third-order valence-corrected chi connectivity index (χ3v) is 2.82. The van der Waals surface area contributed by atoms with E-state index in [-0.39, 0.29) is 23.8 Å². The summed E-state index contributed by atoms with van der Waals surface area (Å²) in [7, 11) is 0. The molecule has 1 N–H and O–H groups in total. The number of amides is 2. The van der Waals surface area contributed by atoms with E-state index in [1.807, 2.05) is 13.8 Å². The van der Waals surface area contributed by atoms with E-state index in [9.17, 15) is 9.59 Å². The van der Waals surface area contributed by atoms with Crippen molar-refractivity contribution >= 4 is 11.8 Å². The smallest absolute Gasteiger partial charge is 0.246 e. The van der Waals surface area contributed by atoms with Gasteiger partial charge in [0.2, 0.25) is 11.8 Å². The first-order valence-electron chi connectivity index (χ1n) is 5.53. The van der Waals surface area contributed by atoms with Crippen LogP contribution < -0.4 is 5.32 Å². The lowest BCUT2D eigenvalue weighted by Crippen LogP contribution is -2.49. The SMILES string of the molecule is C#CC(C)N1CCC(=O)NC(C(C)C)C1=O. The third kappa shape index (κ3) is 2.54. The van der Waals surface area contributed by atoms with Crippen molar-refractivity contribution in [2.24, 2.45) is 5.92 Å². The van der Waals surface area contributed by atoms with Crippen LogP contribution in [-0.2, 0) is 9.59 Å². The Hall–Kier alpha value is -1.50. The fraction of sp³-hybridized carbons (Fsp3) is 0.667. The van der Waals surface area contributed by atoms with Crippen molar-refractivity contribution < 1.29 is 9.59 Å². The highest BCUT2D eigenvalue weighted by molar-refractivity contribution is 5.90. The number of nitrogens with one attached hydrogen (secondary N) is 1. The molecule has 0 aromatic carbocycles. The van der Waals surface area contributed by atoms with Crippen molar-refractivity contribution in [1.29, 1.82) is 0 Å². The van der Waals surface area contributed by atoms with Gasteiger partial charge in [0.05, 0.1) is 6.04 Å². The van der Waals surface area contributed by atoms with Gasteiger partial charge in [0.15, 0.2) is 0 Å².